The number of aromatic nitrogens is 3. The van der Waals surface area contributed by atoms with Gasteiger partial charge in [-0.2, -0.15) is 5.10 Å². The molecular weight excluding hydrogens is 302 g/mol. The summed E-state index contributed by atoms with van der Waals surface area (Å²) in [6, 6.07) is 9.70. The first kappa shape index (κ1) is 14.8. The molecule has 4 rings (SSSR count). The zero-order valence-corrected chi connectivity index (χ0v) is 13.3. The lowest BCUT2D eigenvalue weighted by molar-refractivity contribution is 0.0949. The second-order valence-electron chi connectivity index (χ2n) is 6.02. The summed E-state index contributed by atoms with van der Waals surface area (Å²) in [5, 5.41) is 10.6. The summed E-state index contributed by atoms with van der Waals surface area (Å²) in [5.41, 5.74) is 3.56. The molecule has 1 unspecified atom stereocenters. The van der Waals surface area contributed by atoms with Gasteiger partial charge in [0.05, 0.1) is 6.20 Å². The van der Waals surface area contributed by atoms with Crippen LogP contribution in [0.2, 0.25) is 0 Å². The van der Waals surface area contributed by atoms with E-state index in [1.807, 2.05) is 30.5 Å². The van der Waals surface area contributed by atoms with E-state index in [-0.39, 0.29) is 5.91 Å². The molecule has 3 aromatic rings. The van der Waals surface area contributed by atoms with Gasteiger partial charge in [-0.05, 0) is 36.6 Å². The predicted molar refractivity (Wildman–Crippen MR) is 90.8 cm³/mol. The van der Waals surface area contributed by atoms with Crippen LogP contribution in [0.4, 0.5) is 0 Å². The number of rotatable bonds is 4. The van der Waals surface area contributed by atoms with Crippen LogP contribution >= 0.6 is 0 Å². The Kier molecular flexibility index (Phi) is 3.96. The van der Waals surface area contributed by atoms with E-state index in [9.17, 15) is 4.79 Å². The molecule has 1 fully saturated rings. The molecule has 0 radical (unpaired) electrons. The minimum atomic E-state index is -0.0484. The van der Waals surface area contributed by atoms with Crippen molar-refractivity contribution in [2.75, 3.05) is 13.1 Å². The largest absolute Gasteiger partial charge is 0.348 e. The van der Waals surface area contributed by atoms with Crippen molar-refractivity contribution >= 4 is 11.6 Å². The molecule has 0 bridgehead atoms. The average molecular weight is 321 g/mol. The summed E-state index contributed by atoms with van der Waals surface area (Å²) < 4.78 is 1.71. The van der Waals surface area contributed by atoms with Gasteiger partial charge in [-0.3, -0.25) is 4.79 Å². The fraction of sp³-hybridized carbons (Fsp3) is 0.278. The summed E-state index contributed by atoms with van der Waals surface area (Å²) in [6.45, 7) is 2.35. The van der Waals surface area contributed by atoms with Gasteiger partial charge in [-0.1, -0.05) is 18.2 Å². The minimum absolute atomic E-state index is 0.0484. The zero-order chi connectivity index (χ0) is 16.4. The number of amides is 1. The Labute approximate surface area is 139 Å². The van der Waals surface area contributed by atoms with Gasteiger partial charge in [0.15, 0.2) is 5.65 Å². The molecular formula is C18H19N5O. The molecule has 1 aromatic carbocycles. The van der Waals surface area contributed by atoms with Crippen molar-refractivity contribution in [1.29, 1.82) is 0 Å². The van der Waals surface area contributed by atoms with Crippen LogP contribution in [0.3, 0.4) is 0 Å². The van der Waals surface area contributed by atoms with Crippen LogP contribution in [0, 0.1) is 0 Å². The normalized spacial score (nSPS) is 17.2. The minimum Gasteiger partial charge on any atom is -0.348 e. The Morgan fingerprint density at radius 1 is 1.33 bits per heavy atom. The highest BCUT2D eigenvalue weighted by Gasteiger charge is 2.22. The fourth-order valence-electron chi connectivity index (χ4n) is 3.25. The van der Waals surface area contributed by atoms with Crippen molar-refractivity contribution in [2.45, 2.75) is 18.9 Å². The Morgan fingerprint density at radius 2 is 2.25 bits per heavy atom. The van der Waals surface area contributed by atoms with Crippen molar-refractivity contribution in [3.05, 3.63) is 65.6 Å². The maximum Gasteiger partial charge on any atom is 0.251 e. The molecule has 1 aliphatic heterocycles. The van der Waals surface area contributed by atoms with Gasteiger partial charge in [-0.25, -0.2) is 9.50 Å². The Morgan fingerprint density at radius 3 is 3.12 bits per heavy atom. The summed E-state index contributed by atoms with van der Waals surface area (Å²) in [7, 11) is 0. The number of benzene rings is 1. The highest BCUT2D eigenvalue weighted by molar-refractivity contribution is 5.95. The summed E-state index contributed by atoms with van der Waals surface area (Å²) in [6.07, 6.45) is 6.39. The van der Waals surface area contributed by atoms with E-state index < -0.39 is 0 Å². The molecule has 0 aliphatic carbocycles. The number of hydrogen-bond donors (Lipinski definition) is 2. The van der Waals surface area contributed by atoms with E-state index in [1.54, 1.807) is 16.9 Å². The van der Waals surface area contributed by atoms with Gasteiger partial charge >= 0.3 is 0 Å². The standard InChI is InChI=1S/C18H19N5O/c24-18(16-5-2-1-4-15(16)13-6-8-19-10-13)21-11-14-12-22-23-9-3-7-20-17(14)23/h1-5,7,9,12-13,19H,6,8,10-11H2,(H,21,24). The Hall–Kier alpha value is -2.73. The van der Waals surface area contributed by atoms with Crippen molar-refractivity contribution < 1.29 is 4.79 Å². The lowest BCUT2D eigenvalue weighted by Gasteiger charge is -2.14. The van der Waals surface area contributed by atoms with E-state index in [1.165, 1.54) is 0 Å². The third kappa shape index (κ3) is 2.76. The molecule has 1 saturated heterocycles. The van der Waals surface area contributed by atoms with Crippen molar-refractivity contribution in [2.24, 2.45) is 0 Å². The SMILES string of the molecule is O=C(NCc1cnn2cccnc12)c1ccccc1C1CCNC1. The number of carbonyl (C=O) groups is 1. The summed E-state index contributed by atoms with van der Waals surface area (Å²) in [5.74, 6) is 0.360. The molecule has 122 valence electrons. The average Bonchev–Trinajstić information content (AvgIpc) is 3.30. The maximum absolute atomic E-state index is 12.7. The number of carbonyl (C=O) groups excluding carboxylic acids is 1. The molecule has 6 heteroatoms. The second-order valence-corrected chi connectivity index (χ2v) is 6.02. The first-order valence-corrected chi connectivity index (χ1v) is 8.18. The van der Waals surface area contributed by atoms with Gasteiger partial charge < -0.3 is 10.6 Å². The molecule has 1 atom stereocenters. The molecule has 24 heavy (non-hydrogen) atoms. The van der Waals surface area contributed by atoms with Crippen molar-refractivity contribution in [1.82, 2.24) is 25.2 Å². The highest BCUT2D eigenvalue weighted by Crippen LogP contribution is 2.25. The highest BCUT2D eigenvalue weighted by atomic mass is 16.1. The van der Waals surface area contributed by atoms with Gasteiger partial charge in [-0.15, -0.1) is 0 Å². The third-order valence-corrected chi connectivity index (χ3v) is 4.50. The number of nitrogens with one attached hydrogen (secondary N) is 2. The monoisotopic (exact) mass is 321 g/mol. The first-order chi connectivity index (χ1) is 11.8. The molecule has 0 spiro atoms. The molecule has 6 nitrogen and oxygen atoms in total. The zero-order valence-electron chi connectivity index (χ0n) is 13.3. The van der Waals surface area contributed by atoms with E-state index >= 15 is 0 Å². The van der Waals surface area contributed by atoms with E-state index in [2.05, 4.69) is 26.8 Å². The third-order valence-electron chi connectivity index (χ3n) is 4.50. The molecule has 2 aromatic heterocycles. The summed E-state index contributed by atoms with van der Waals surface area (Å²) in [4.78, 5) is 17.0. The molecule has 3 heterocycles. The maximum atomic E-state index is 12.7. The smallest absolute Gasteiger partial charge is 0.251 e. The number of hydrogen-bond acceptors (Lipinski definition) is 4. The molecule has 2 N–H and O–H groups in total. The lowest BCUT2D eigenvalue weighted by atomic mass is 9.93. The van der Waals surface area contributed by atoms with Crippen LogP contribution in [-0.4, -0.2) is 33.6 Å². The van der Waals surface area contributed by atoms with Crippen LogP contribution in [-0.2, 0) is 6.54 Å². The van der Waals surface area contributed by atoms with Gasteiger partial charge in [0, 0.05) is 36.6 Å². The van der Waals surface area contributed by atoms with Crippen LogP contribution in [0.5, 0.6) is 0 Å². The predicted octanol–water partition coefficient (Wildman–Crippen LogP) is 1.74. The van der Waals surface area contributed by atoms with Crippen molar-refractivity contribution in [3.63, 3.8) is 0 Å². The molecule has 1 amide bonds. The van der Waals surface area contributed by atoms with Crippen molar-refractivity contribution in [3.8, 4) is 0 Å². The van der Waals surface area contributed by atoms with Gasteiger partial charge in [0.2, 0.25) is 0 Å². The van der Waals surface area contributed by atoms with Gasteiger partial charge in [0.25, 0.3) is 5.91 Å². The van der Waals surface area contributed by atoms with Crippen LogP contribution < -0.4 is 10.6 Å². The molecule has 0 saturated carbocycles. The van der Waals surface area contributed by atoms with E-state index in [4.69, 9.17) is 0 Å². The van der Waals surface area contributed by atoms with E-state index in [0.29, 0.717) is 12.5 Å². The Bertz CT molecular complexity index is 866. The van der Waals surface area contributed by atoms with E-state index in [0.717, 1.165) is 41.8 Å². The van der Waals surface area contributed by atoms with Gasteiger partial charge in [0.1, 0.15) is 0 Å². The first-order valence-electron chi connectivity index (χ1n) is 8.18. The van der Waals surface area contributed by atoms with Crippen LogP contribution in [0.15, 0.2) is 48.9 Å². The number of fused-ring (bicyclic) bond motifs is 1. The van der Waals surface area contributed by atoms with Crippen LogP contribution in [0.1, 0.15) is 33.8 Å². The topological polar surface area (TPSA) is 71.3 Å². The summed E-state index contributed by atoms with van der Waals surface area (Å²) >= 11 is 0. The fourth-order valence-corrected chi connectivity index (χ4v) is 3.25. The molecule has 1 aliphatic rings. The quantitative estimate of drug-likeness (QED) is 0.768. The number of nitrogens with zero attached hydrogens (tertiary/aromatic N) is 3. The van der Waals surface area contributed by atoms with Crippen LogP contribution in [0.25, 0.3) is 5.65 Å². The lowest BCUT2D eigenvalue weighted by Crippen LogP contribution is -2.25. The second kappa shape index (κ2) is 6.41. The Balaban J connectivity index is 1.52.